The Morgan fingerprint density at radius 2 is 1.34 bits per heavy atom. The van der Waals surface area contributed by atoms with Crippen LogP contribution in [0.25, 0.3) is 11.0 Å². The molecule has 0 radical (unpaired) electrons. The summed E-state index contributed by atoms with van der Waals surface area (Å²) in [5, 5.41) is 8.74. The van der Waals surface area contributed by atoms with Crippen LogP contribution in [0.15, 0.2) is 72.8 Å². The summed E-state index contributed by atoms with van der Waals surface area (Å²) in [5.41, 5.74) is 3.61. The fraction of sp³-hybridized carbons (Fsp3) is 0.240. The molecule has 1 aromatic heterocycles. The molecule has 0 unspecified atom stereocenters. The van der Waals surface area contributed by atoms with Crippen LogP contribution in [0.3, 0.4) is 0 Å². The van der Waals surface area contributed by atoms with Gasteiger partial charge in [-0.15, -0.1) is 17.0 Å². The van der Waals surface area contributed by atoms with Gasteiger partial charge in [0.05, 0.1) is 31.2 Å². The van der Waals surface area contributed by atoms with E-state index >= 15 is 0 Å². The van der Waals surface area contributed by atoms with Crippen LogP contribution in [0, 0.1) is 12.3 Å². The number of benzene rings is 3. The molecule has 168 valence electrons. The number of methoxy groups -OCH3 is 1. The van der Waals surface area contributed by atoms with E-state index in [1.165, 1.54) is 0 Å². The lowest BCUT2D eigenvalue weighted by Gasteiger charge is -2.11. The zero-order chi connectivity index (χ0) is 21.6. The normalized spacial score (nSPS) is 10.6. The van der Waals surface area contributed by atoms with Gasteiger partial charge in [-0.05, 0) is 48.9 Å². The number of imidazole rings is 1. The number of hydrogen-bond donors (Lipinski definition) is 1. The summed E-state index contributed by atoms with van der Waals surface area (Å²) in [5.74, 6) is 2.25. The Labute approximate surface area is 198 Å². The van der Waals surface area contributed by atoms with Gasteiger partial charge in [-0.1, -0.05) is 36.4 Å². The second-order valence-corrected chi connectivity index (χ2v) is 7.28. The summed E-state index contributed by atoms with van der Waals surface area (Å²) in [6.45, 7) is 4.12. The van der Waals surface area contributed by atoms with Crippen molar-refractivity contribution in [3.63, 3.8) is 0 Å². The Balaban J connectivity index is 0.00000289. The molecule has 6 nitrogen and oxygen atoms in total. The van der Waals surface area contributed by atoms with Crippen molar-refractivity contribution in [1.29, 1.82) is 5.41 Å². The molecule has 0 saturated heterocycles. The van der Waals surface area contributed by atoms with Crippen molar-refractivity contribution in [2.75, 3.05) is 20.3 Å². The minimum absolute atomic E-state index is 0. The van der Waals surface area contributed by atoms with Crippen LogP contribution < -0.4 is 19.8 Å². The van der Waals surface area contributed by atoms with Crippen LogP contribution in [0.4, 0.5) is 0 Å². The number of nitrogens with one attached hydrogen (secondary N) is 1. The molecule has 1 heterocycles. The van der Waals surface area contributed by atoms with E-state index in [2.05, 4.69) is 0 Å². The summed E-state index contributed by atoms with van der Waals surface area (Å²) in [6, 6.07) is 23.7. The zero-order valence-corrected chi connectivity index (χ0v) is 20.0. The average molecular weight is 498 g/mol. The van der Waals surface area contributed by atoms with Crippen LogP contribution in [-0.4, -0.2) is 29.5 Å². The first kappa shape index (κ1) is 23.5. The van der Waals surface area contributed by atoms with Crippen molar-refractivity contribution in [1.82, 2.24) is 9.13 Å². The predicted octanol–water partition coefficient (Wildman–Crippen LogP) is 4.98. The van der Waals surface area contributed by atoms with E-state index in [1.807, 2.05) is 88.9 Å². The highest BCUT2D eigenvalue weighted by Crippen LogP contribution is 2.25. The molecule has 32 heavy (non-hydrogen) atoms. The first-order valence-electron chi connectivity index (χ1n) is 10.4. The maximum absolute atomic E-state index is 8.74. The quantitative estimate of drug-likeness (QED) is 0.354. The lowest BCUT2D eigenvalue weighted by atomic mass is 10.2. The number of hydrogen-bond acceptors (Lipinski definition) is 4. The van der Waals surface area contributed by atoms with Gasteiger partial charge in [0.15, 0.2) is 11.5 Å². The molecule has 0 aliphatic carbocycles. The van der Waals surface area contributed by atoms with Gasteiger partial charge in [-0.25, -0.2) is 0 Å². The molecular formula is C25H28BrN3O3. The first-order valence-corrected chi connectivity index (χ1v) is 10.4. The largest absolute Gasteiger partial charge is 0.493 e. The Morgan fingerprint density at radius 3 is 1.97 bits per heavy atom. The second kappa shape index (κ2) is 10.9. The Hall–Kier alpha value is -3.19. The van der Waals surface area contributed by atoms with Gasteiger partial charge in [-0.2, -0.15) is 0 Å². The standard InChI is InChI=1S/C25H27N3O3.BrH/c1-19-8-7-9-20(18-19)30-16-14-27-21-10-3-4-11-22(21)28(25(27)26)15-17-31-24-13-6-5-12-23(24)29-2;/h3-13,18,26H,14-17H2,1-2H3;1H. The van der Waals surface area contributed by atoms with Crippen LogP contribution in [0.1, 0.15) is 5.56 Å². The van der Waals surface area contributed by atoms with Crippen LogP contribution in [-0.2, 0) is 13.1 Å². The van der Waals surface area contributed by atoms with Crippen molar-refractivity contribution in [3.8, 4) is 17.2 Å². The first-order chi connectivity index (χ1) is 15.2. The minimum Gasteiger partial charge on any atom is -0.493 e. The molecule has 7 heteroatoms. The highest BCUT2D eigenvalue weighted by atomic mass is 79.9. The van der Waals surface area contributed by atoms with E-state index in [4.69, 9.17) is 19.6 Å². The van der Waals surface area contributed by atoms with Gasteiger partial charge in [0, 0.05) is 0 Å². The monoisotopic (exact) mass is 497 g/mol. The predicted molar refractivity (Wildman–Crippen MR) is 131 cm³/mol. The highest BCUT2D eigenvalue weighted by Gasteiger charge is 2.11. The summed E-state index contributed by atoms with van der Waals surface area (Å²) in [7, 11) is 1.63. The molecule has 0 amide bonds. The number of halogens is 1. The lowest BCUT2D eigenvalue weighted by Crippen LogP contribution is -2.28. The van der Waals surface area contributed by atoms with E-state index in [1.54, 1.807) is 7.11 Å². The number of para-hydroxylation sites is 4. The topological polar surface area (TPSA) is 61.4 Å². The second-order valence-electron chi connectivity index (χ2n) is 7.28. The molecule has 0 spiro atoms. The SMILES string of the molecule is Br.COc1ccccc1OCCn1c(=N)n(CCOc2cccc(C)c2)c2ccccc21. The third-order valence-electron chi connectivity index (χ3n) is 5.19. The van der Waals surface area contributed by atoms with Crippen LogP contribution in [0.2, 0.25) is 0 Å². The molecule has 1 N–H and O–H groups in total. The summed E-state index contributed by atoms with van der Waals surface area (Å²) in [4.78, 5) is 0. The fourth-order valence-corrected chi connectivity index (χ4v) is 3.69. The van der Waals surface area contributed by atoms with Crippen LogP contribution >= 0.6 is 17.0 Å². The number of rotatable bonds is 9. The van der Waals surface area contributed by atoms with E-state index < -0.39 is 0 Å². The number of aryl methyl sites for hydroxylation is 1. The van der Waals surface area contributed by atoms with E-state index in [9.17, 15) is 0 Å². The van der Waals surface area contributed by atoms with Crippen molar-refractivity contribution < 1.29 is 14.2 Å². The highest BCUT2D eigenvalue weighted by molar-refractivity contribution is 8.93. The maximum Gasteiger partial charge on any atom is 0.203 e. The summed E-state index contributed by atoms with van der Waals surface area (Å²) >= 11 is 0. The molecule has 0 saturated carbocycles. The molecule has 0 atom stereocenters. The van der Waals surface area contributed by atoms with Gasteiger partial charge in [-0.3, -0.25) is 5.41 Å². The molecule has 0 fully saturated rings. The van der Waals surface area contributed by atoms with Gasteiger partial charge in [0.25, 0.3) is 0 Å². The molecule has 0 bridgehead atoms. The van der Waals surface area contributed by atoms with Gasteiger partial charge in [0.2, 0.25) is 5.62 Å². The fourth-order valence-electron chi connectivity index (χ4n) is 3.69. The van der Waals surface area contributed by atoms with Crippen molar-refractivity contribution in [2.45, 2.75) is 20.0 Å². The van der Waals surface area contributed by atoms with Crippen molar-refractivity contribution in [3.05, 3.63) is 84.0 Å². The Bertz CT molecular complexity index is 1230. The van der Waals surface area contributed by atoms with E-state index in [-0.39, 0.29) is 17.0 Å². The number of nitrogens with zero attached hydrogens (tertiary/aromatic N) is 2. The number of ether oxygens (including phenoxy) is 3. The van der Waals surface area contributed by atoms with Gasteiger partial charge in [0.1, 0.15) is 19.0 Å². The minimum atomic E-state index is 0. The summed E-state index contributed by atoms with van der Waals surface area (Å²) < 4.78 is 21.1. The molecular weight excluding hydrogens is 470 g/mol. The average Bonchev–Trinajstić information content (AvgIpc) is 3.05. The van der Waals surface area contributed by atoms with E-state index in [0.717, 1.165) is 22.3 Å². The Kier molecular flexibility index (Phi) is 8.00. The van der Waals surface area contributed by atoms with Crippen molar-refractivity contribution in [2.24, 2.45) is 0 Å². The molecule has 0 aliphatic rings. The molecule has 4 aromatic rings. The molecule has 3 aromatic carbocycles. The van der Waals surface area contributed by atoms with E-state index in [0.29, 0.717) is 43.4 Å². The maximum atomic E-state index is 8.74. The van der Waals surface area contributed by atoms with Crippen LogP contribution in [0.5, 0.6) is 17.2 Å². The lowest BCUT2D eigenvalue weighted by molar-refractivity contribution is 0.275. The number of fused-ring (bicyclic) bond motifs is 1. The third-order valence-corrected chi connectivity index (χ3v) is 5.19. The van der Waals surface area contributed by atoms with Gasteiger partial charge < -0.3 is 23.3 Å². The summed E-state index contributed by atoms with van der Waals surface area (Å²) in [6.07, 6.45) is 0. The Morgan fingerprint density at radius 1 is 0.750 bits per heavy atom. The zero-order valence-electron chi connectivity index (χ0n) is 18.3. The molecule has 4 rings (SSSR count). The number of aromatic nitrogens is 2. The smallest absolute Gasteiger partial charge is 0.203 e. The van der Waals surface area contributed by atoms with Crippen molar-refractivity contribution >= 4 is 28.0 Å². The van der Waals surface area contributed by atoms with Gasteiger partial charge >= 0.3 is 0 Å². The molecule has 0 aliphatic heterocycles. The third kappa shape index (κ3) is 5.16.